The largest absolute Gasteiger partial charge is 0.481 e. The monoisotopic (exact) mass is 285 g/mol. The average molecular weight is 286 g/mol. The van der Waals surface area contributed by atoms with E-state index in [1.807, 2.05) is 0 Å². The third kappa shape index (κ3) is 3.89. The lowest BCUT2D eigenvalue weighted by molar-refractivity contribution is -0.137. The number of benzene rings is 2. The molecule has 1 nitrogen and oxygen atoms in total. The van der Waals surface area contributed by atoms with Crippen LogP contribution in [0.25, 0.3) is 0 Å². The zero-order chi connectivity index (χ0) is 13.9. The van der Waals surface area contributed by atoms with E-state index in [9.17, 15) is 13.2 Å². The second kappa shape index (κ2) is 5.53. The summed E-state index contributed by atoms with van der Waals surface area (Å²) in [5.41, 5.74) is -0.0312. The number of hydrogen-bond acceptors (Lipinski definition) is 1. The van der Waals surface area contributed by atoms with Crippen LogP contribution < -0.4 is 4.74 Å². The Morgan fingerprint density at radius 2 is 1.68 bits per heavy atom. The third-order valence-electron chi connectivity index (χ3n) is 2.36. The van der Waals surface area contributed by atoms with E-state index in [-0.39, 0.29) is 5.75 Å². The molecule has 0 aromatic heterocycles. The van der Waals surface area contributed by atoms with E-state index in [0.717, 1.165) is 12.1 Å². The van der Waals surface area contributed by atoms with Crippen LogP contribution in [0, 0.1) is 6.61 Å². The summed E-state index contributed by atoms with van der Waals surface area (Å²) in [7, 11) is 0. The summed E-state index contributed by atoms with van der Waals surface area (Å²) in [6, 6.07) is 11.5. The molecule has 0 heterocycles. The van der Waals surface area contributed by atoms with Crippen molar-refractivity contribution < 1.29 is 17.9 Å². The Hall–Kier alpha value is -1.68. The van der Waals surface area contributed by atoms with Gasteiger partial charge in [0.15, 0.2) is 6.61 Å². The summed E-state index contributed by atoms with van der Waals surface area (Å²) in [6.45, 7) is 1.37. The van der Waals surface area contributed by atoms with Crippen LogP contribution in [-0.2, 0) is 6.18 Å². The predicted octanol–water partition coefficient (Wildman–Crippen LogP) is 4.95. The second-order valence-corrected chi connectivity index (χ2v) is 4.25. The SMILES string of the molecule is FC(F)(F)c1cccc(O[CH]c2ccc(Cl)cc2)c1. The molecule has 0 amide bonds. The number of halogens is 4. The van der Waals surface area contributed by atoms with E-state index in [1.165, 1.54) is 18.7 Å². The highest BCUT2D eigenvalue weighted by Gasteiger charge is 2.30. The molecule has 0 aliphatic rings. The van der Waals surface area contributed by atoms with E-state index in [2.05, 4.69) is 0 Å². The fourth-order valence-corrected chi connectivity index (χ4v) is 1.55. The zero-order valence-corrected chi connectivity index (χ0v) is 10.4. The van der Waals surface area contributed by atoms with E-state index >= 15 is 0 Å². The van der Waals surface area contributed by atoms with Gasteiger partial charge in [-0.1, -0.05) is 29.8 Å². The van der Waals surface area contributed by atoms with Gasteiger partial charge in [0, 0.05) is 5.02 Å². The van der Waals surface area contributed by atoms with Gasteiger partial charge in [0.1, 0.15) is 5.75 Å². The van der Waals surface area contributed by atoms with Crippen molar-refractivity contribution in [2.24, 2.45) is 0 Å². The topological polar surface area (TPSA) is 9.23 Å². The fraction of sp³-hybridized carbons (Fsp3) is 0.0714. The summed E-state index contributed by atoms with van der Waals surface area (Å²) in [5, 5.41) is 0.580. The quantitative estimate of drug-likeness (QED) is 0.775. The summed E-state index contributed by atoms with van der Waals surface area (Å²) in [6.07, 6.45) is -4.38. The normalized spacial score (nSPS) is 11.4. The molecule has 0 fully saturated rings. The molecule has 2 aromatic carbocycles. The van der Waals surface area contributed by atoms with Crippen LogP contribution >= 0.6 is 11.6 Å². The molecule has 19 heavy (non-hydrogen) atoms. The van der Waals surface area contributed by atoms with Crippen LogP contribution in [0.1, 0.15) is 11.1 Å². The van der Waals surface area contributed by atoms with Gasteiger partial charge in [0.2, 0.25) is 0 Å². The first kappa shape index (κ1) is 13.7. The number of rotatable bonds is 3. The maximum absolute atomic E-state index is 12.5. The number of alkyl halides is 3. The smallest absolute Gasteiger partial charge is 0.416 e. The fourth-order valence-electron chi connectivity index (χ4n) is 1.42. The number of hydrogen-bond donors (Lipinski definition) is 0. The third-order valence-corrected chi connectivity index (χ3v) is 2.61. The van der Waals surface area contributed by atoms with Crippen LogP contribution in [0.4, 0.5) is 13.2 Å². The highest BCUT2D eigenvalue weighted by Crippen LogP contribution is 2.31. The summed E-state index contributed by atoms with van der Waals surface area (Å²) in [4.78, 5) is 0. The first-order chi connectivity index (χ1) is 8.95. The van der Waals surface area contributed by atoms with Crippen LogP contribution in [0.5, 0.6) is 5.75 Å². The van der Waals surface area contributed by atoms with Crippen molar-refractivity contribution in [2.75, 3.05) is 0 Å². The van der Waals surface area contributed by atoms with Gasteiger partial charge in [0.25, 0.3) is 0 Å². The molecule has 0 aliphatic carbocycles. The van der Waals surface area contributed by atoms with Gasteiger partial charge < -0.3 is 4.74 Å². The molecule has 0 saturated carbocycles. The van der Waals surface area contributed by atoms with Crippen molar-refractivity contribution in [3.63, 3.8) is 0 Å². The van der Waals surface area contributed by atoms with Gasteiger partial charge in [-0.2, -0.15) is 13.2 Å². The summed E-state index contributed by atoms with van der Waals surface area (Å²) < 4.78 is 42.7. The van der Waals surface area contributed by atoms with E-state index < -0.39 is 11.7 Å². The Morgan fingerprint density at radius 1 is 1.00 bits per heavy atom. The summed E-state index contributed by atoms with van der Waals surface area (Å²) in [5.74, 6) is 0.129. The van der Waals surface area contributed by atoms with Crippen molar-refractivity contribution in [3.8, 4) is 5.75 Å². The van der Waals surface area contributed by atoms with Crippen molar-refractivity contribution in [1.82, 2.24) is 0 Å². The van der Waals surface area contributed by atoms with Gasteiger partial charge in [-0.3, -0.25) is 0 Å². The molecule has 0 bridgehead atoms. The van der Waals surface area contributed by atoms with Crippen molar-refractivity contribution >= 4 is 11.6 Å². The van der Waals surface area contributed by atoms with Crippen LogP contribution in [-0.4, -0.2) is 0 Å². The Morgan fingerprint density at radius 3 is 2.32 bits per heavy atom. The molecule has 2 rings (SSSR count). The van der Waals surface area contributed by atoms with Crippen molar-refractivity contribution in [3.05, 3.63) is 71.3 Å². The average Bonchev–Trinajstić information content (AvgIpc) is 2.37. The maximum Gasteiger partial charge on any atom is 0.416 e. The van der Waals surface area contributed by atoms with Crippen LogP contribution in [0.15, 0.2) is 48.5 Å². The highest BCUT2D eigenvalue weighted by molar-refractivity contribution is 6.30. The van der Waals surface area contributed by atoms with Gasteiger partial charge in [-0.25, -0.2) is 0 Å². The van der Waals surface area contributed by atoms with Crippen LogP contribution in [0.3, 0.4) is 0 Å². The first-order valence-electron chi connectivity index (χ1n) is 5.38. The van der Waals surface area contributed by atoms with E-state index in [4.69, 9.17) is 16.3 Å². The molecule has 0 saturated heterocycles. The number of ether oxygens (including phenoxy) is 1. The first-order valence-corrected chi connectivity index (χ1v) is 5.76. The molecule has 0 spiro atoms. The molecule has 0 unspecified atom stereocenters. The second-order valence-electron chi connectivity index (χ2n) is 3.81. The van der Waals surface area contributed by atoms with Gasteiger partial charge in [-0.05, 0) is 35.9 Å². The Balaban J connectivity index is 2.05. The minimum absolute atomic E-state index is 0.129. The lowest BCUT2D eigenvalue weighted by Gasteiger charge is -2.09. The van der Waals surface area contributed by atoms with E-state index in [1.54, 1.807) is 24.3 Å². The molecular weight excluding hydrogens is 277 g/mol. The molecule has 0 atom stereocenters. The maximum atomic E-state index is 12.5. The molecular formula is C14H9ClF3O. The van der Waals surface area contributed by atoms with E-state index in [0.29, 0.717) is 10.6 Å². The Kier molecular flexibility index (Phi) is 4.00. The van der Waals surface area contributed by atoms with Gasteiger partial charge in [0.05, 0.1) is 5.56 Å². The predicted molar refractivity (Wildman–Crippen MR) is 66.9 cm³/mol. The summed E-state index contributed by atoms with van der Waals surface area (Å²) >= 11 is 5.72. The standard InChI is InChI=1S/C14H9ClF3O/c15-12-6-4-10(5-7-12)9-19-13-3-1-2-11(8-13)14(16,17)18/h1-9H. The van der Waals surface area contributed by atoms with Gasteiger partial charge >= 0.3 is 6.18 Å². The lowest BCUT2D eigenvalue weighted by atomic mass is 10.2. The highest BCUT2D eigenvalue weighted by atomic mass is 35.5. The van der Waals surface area contributed by atoms with Crippen molar-refractivity contribution in [1.29, 1.82) is 0 Å². The molecule has 5 heteroatoms. The minimum atomic E-state index is -4.38. The zero-order valence-electron chi connectivity index (χ0n) is 9.62. The molecule has 1 radical (unpaired) electrons. The van der Waals surface area contributed by atoms with Crippen LogP contribution in [0.2, 0.25) is 5.02 Å². The molecule has 2 aromatic rings. The Bertz CT molecular complexity index is 549. The van der Waals surface area contributed by atoms with Crippen molar-refractivity contribution in [2.45, 2.75) is 6.18 Å². The molecule has 0 aliphatic heterocycles. The minimum Gasteiger partial charge on any atom is -0.481 e. The van der Waals surface area contributed by atoms with Gasteiger partial charge in [-0.15, -0.1) is 0 Å². The molecule has 0 N–H and O–H groups in total. The Labute approximate surface area is 113 Å². The lowest BCUT2D eigenvalue weighted by Crippen LogP contribution is -2.04. The molecule has 99 valence electrons.